The van der Waals surface area contributed by atoms with E-state index in [0.717, 1.165) is 5.56 Å². The number of hydrogen-bond donors (Lipinski definition) is 1. The van der Waals surface area contributed by atoms with Crippen molar-refractivity contribution in [2.45, 2.75) is 18.4 Å². The zero-order chi connectivity index (χ0) is 16.4. The van der Waals surface area contributed by atoms with Gasteiger partial charge in [0.05, 0.1) is 0 Å². The largest absolute Gasteiger partial charge is 0.336 e. The van der Waals surface area contributed by atoms with Crippen molar-refractivity contribution in [3.63, 3.8) is 0 Å². The van der Waals surface area contributed by atoms with Gasteiger partial charge in [-0.1, -0.05) is 12.1 Å². The van der Waals surface area contributed by atoms with Crippen LogP contribution in [0.15, 0.2) is 48.5 Å². The molecule has 2 aromatic carbocycles. The van der Waals surface area contributed by atoms with E-state index in [4.69, 9.17) is 5.73 Å². The Bertz CT molecular complexity index is 702. The molecule has 1 heterocycles. The van der Waals surface area contributed by atoms with Crippen LogP contribution in [0.1, 0.15) is 28.3 Å². The second-order valence-electron chi connectivity index (χ2n) is 5.96. The number of benzene rings is 2. The molecular weight excluding hydrogens is 298 g/mol. The lowest BCUT2D eigenvalue weighted by Gasteiger charge is -2.36. The number of piperidine rings is 1. The molecule has 0 bridgehead atoms. The Morgan fingerprint density at radius 3 is 2.48 bits per heavy atom. The lowest BCUT2D eigenvalue weighted by atomic mass is 9.88. The number of halogens is 2. The van der Waals surface area contributed by atoms with Gasteiger partial charge in [-0.2, -0.15) is 0 Å². The van der Waals surface area contributed by atoms with E-state index in [9.17, 15) is 13.6 Å². The van der Waals surface area contributed by atoms with E-state index in [0.29, 0.717) is 25.1 Å². The smallest absolute Gasteiger partial charge is 0.253 e. The summed E-state index contributed by atoms with van der Waals surface area (Å²) < 4.78 is 26.4. The summed E-state index contributed by atoms with van der Waals surface area (Å²) in [6.07, 6.45) is 0.705. The van der Waals surface area contributed by atoms with Gasteiger partial charge in [0.25, 0.3) is 5.91 Å². The van der Waals surface area contributed by atoms with Gasteiger partial charge in [0.1, 0.15) is 11.6 Å². The number of rotatable bonds is 2. The SMILES string of the molecule is NC1CC(c2cccc(F)c2)CN(C(=O)c2ccc(F)cc2)C1. The summed E-state index contributed by atoms with van der Waals surface area (Å²) in [5.74, 6) is -0.854. The Hall–Kier alpha value is -2.27. The van der Waals surface area contributed by atoms with Crippen molar-refractivity contribution in [3.05, 3.63) is 71.3 Å². The third-order valence-corrected chi connectivity index (χ3v) is 4.18. The monoisotopic (exact) mass is 316 g/mol. The molecule has 3 rings (SSSR count). The van der Waals surface area contributed by atoms with Gasteiger partial charge < -0.3 is 10.6 Å². The molecule has 2 aromatic rings. The summed E-state index contributed by atoms with van der Waals surface area (Å²) in [7, 11) is 0. The number of hydrogen-bond acceptors (Lipinski definition) is 2. The third kappa shape index (κ3) is 3.56. The molecule has 0 aliphatic carbocycles. The first-order valence-corrected chi connectivity index (χ1v) is 7.59. The van der Waals surface area contributed by atoms with Crippen LogP contribution >= 0.6 is 0 Å². The van der Waals surface area contributed by atoms with E-state index in [-0.39, 0.29) is 29.5 Å². The second-order valence-corrected chi connectivity index (χ2v) is 5.96. The molecule has 3 nitrogen and oxygen atoms in total. The second kappa shape index (κ2) is 6.46. The molecule has 23 heavy (non-hydrogen) atoms. The lowest BCUT2D eigenvalue weighted by molar-refractivity contribution is 0.0689. The van der Waals surface area contributed by atoms with Crippen molar-refractivity contribution in [1.82, 2.24) is 4.90 Å². The predicted octanol–water partition coefficient (Wildman–Crippen LogP) is 2.92. The minimum Gasteiger partial charge on any atom is -0.336 e. The minimum atomic E-state index is -0.380. The van der Waals surface area contributed by atoms with Gasteiger partial charge in [-0.05, 0) is 48.4 Å². The Labute approximate surface area is 133 Å². The molecule has 1 saturated heterocycles. The Balaban J connectivity index is 1.80. The average molecular weight is 316 g/mol. The Kier molecular flexibility index (Phi) is 4.39. The number of nitrogens with two attached hydrogens (primary N) is 1. The van der Waals surface area contributed by atoms with Crippen molar-refractivity contribution in [3.8, 4) is 0 Å². The van der Waals surface area contributed by atoms with E-state index in [1.807, 2.05) is 6.07 Å². The molecule has 1 aliphatic heterocycles. The van der Waals surface area contributed by atoms with Crippen LogP contribution in [0.3, 0.4) is 0 Å². The first-order valence-electron chi connectivity index (χ1n) is 7.59. The Morgan fingerprint density at radius 1 is 1.04 bits per heavy atom. The van der Waals surface area contributed by atoms with E-state index >= 15 is 0 Å². The summed E-state index contributed by atoms with van der Waals surface area (Å²) in [4.78, 5) is 14.2. The van der Waals surface area contributed by atoms with Crippen LogP contribution in [-0.2, 0) is 0 Å². The lowest BCUT2D eigenvalue weighted by Crippen LogP contribution is -2.48. The van der Waals surface area contributed by atoms with Gasteiger partial charge in [-0.25, -0.2) is 8.78 Å². The van der Waals surface area contributed by atoms with E-state index in [1.165, 1.54) is 36.4 Å². The van der Waals surface area contributed by atoms with Gasteiger partial charge >= 0.3 is 0 Å². The number of nitrogens with zero attached hydrogens (tertiary/aromatic N) is 1. The van der Waals surface area contributed by atoms with Crippen LogP contribution in [0.2, 0.25) is 0 Å². The number of amides is 1. The van der Waals surface area contributed by atoms with Crippen molar-refractivity contribution in [2.24, 2.45) is 5.73 Å². The van der Waals surface area contributed by atoms with Crippen molar-refractivity contribution in [1.29, 1.82) is 0 Å². The van der Waals surface area contributed by atoms with Crippen molar-refractivity contribution >= 4 is 5.91 Å². The maximum atomic E-state index is 13.4. The van der Waals surface area contributed by atoms with Crippen LogP contribution in [0.5, 0.6) is 0 Å². The molecule has 2 atom stereocenters. The quantitative estimate of drug-likeness (QED) is 0.926. The summed E-state index contributed by atoms with van der Waals surface area (Å²) in [6.45, 7) is 0.926. The molecule has 1 fully saturated rings. The fourth-order valence-corrected chi connectivity index (χ4v) is 3.08. The summed E-state index contributed by atoms with van der Waals surface area (Å²) in [5.41, 5.74) is 7.36. The topological polar surface area (TPSA) is 46.3 Å². The average Bonchev–Trinajstić information content (AvgIpc) is 2.54. The first kappa shape index (κ1) is 15.6. The van der Waals surface area contributed by atoms with Gasteiger partial charge in [0, 0.05) is 30.6 Å². The van der Waals surface area contributed by atoms with Gasteiger partial charge in [-0.15, -0.1) is 0 Å². The highest BCUT2D eigenvalue weighted by atomic mass is 19.1. The molecule has 0 spiro atoms. The van der Waals surface area contributed by atoms with Crippen LogP contribution in [0.25, 0.3) is 0 Å². The van der Waals surface area contributed by atoms with E-state index in [1.54, 1.807) is 11.0 Å². The maximum Gasteiger partial charge on any atom is 0.253 e. The maximum absolute atomic E-state index is 13.4. The van der Waals surface area contributed by atoms with E-state index in [2.05, 4.69) is 0 Å². The predicted molar refractivity (Wildman–Crippen MR) is 84.0 cm³/mol. The standard InChI is InChI=1S/C18H18F2N2O/c19-15-6-4-12(5-7-15)18(23)22-10-14(9-17(21)11-22)13-2-1-3-16(20)8-13/h1-8,14,17H,9-11,21H2. The summed E-state index contributed by atoms with van der Waals surface area (Å²) >= 11 is 0. The fraction of sp³-hybridized carbons (Fsp3) is 0.278. The molecule has 120 valence electrons. The van der Waals surface area contributed by atoms with Crippen molar-refractivity contribution < 1.29 is 13.6 Å². The first-order chi connectivity index (χ1) is 11.0. The molecule has 0 radical (unpaired) electrons. The van der Waals surface area contributed by atoms with Crippen molar-refractivity contribution in [2.75, 3.05) is 13.1 Å². The number of carbonyl (C=O) groups is 1. The molecule has 2 N–H and O–H groups in total. The minimum absolute atomic E-state index is 0.00107. The third-order valence-electron chi connectivity index (χ3n) is 4.18. The van der Waals surface area contributed by atoms with Crippen LogP contribution in [0.4, 0.5) is 8.78 Å². The zero-order valence-corrected chi connectivity index (χ0v) is 12.6. The van der Waals surface area contributed by atoms with Gasteiger partial charge in [-0.3, -0.25) is 4.79 Å². The molecule has 2 unspecified atom stereocenters. The molecule has 5 heteroatoms. The van der Waals surface area contributed by atoms with Crippen LogP contribution in [-0.4, -0.2) is 29.9 Å². The highest BCUT2D eigenvalue weighted by Crippen LogP contribution is 2.27. The molecule has 0 aromatic heterocycles. The van der Waals surface area contributed by atoms with Crippen LogP contribution in [0, 0.1) is 11.6 Å². The normalized spacial score (nSPS) is 21.3. The molecule has 1 amide bonds. The summed E-state index contributed by atoms with van der Waals surface area (Å²) in [5, 5.41) is 0. The number of likely N-dealkylation sites (tertiary alicyclic amines) is 1. The van der Waals surface area contributed by atoms with Gasteiger partial charge in [0.2, 0.25) is 0 Å². The highest BCUT2D eigenvalue weighted by molar-refractivity contribution is 5.94. The highest BCUT2D eigenvalue weighted by Gasteiger charge is 2.29. The molecule has 1 aliphatic rings. The van der Waals surface area contributed by atoms with E-state index < -0.39 is 0 Å². The number of carbonyl (C=O) groups excluding carboxylic acids is 1. The van der Waals surface area contributed by atoms with Crippen LogP contribution < -0.4 is 5.73 Å². The Morgan fingerprint density at radius 2 is 1.78 bits per heavy atom. The molecular formula is C18H18F2N2O. The fourth-order valence-electron chi connectivity index (χ4n) is 3.08. The van der Waals surface area contributed by atoms with Gasteiger partial charge in [0.15, 0.2) is 0 Å². The summed E-state index contributed by atoms with van der Waals surface area (Å²) in [6, 6.07) is 11.7. The zero-order valence-electron chi connectivity index (χ0n) is 12.6. The molecule has 0 saturated carbocycles.